The van der Waals surface area contributed by atoms with Crippen molar-refractivity contribution in [1.29, 1.82) is 0 Å². The molecule has 1 aliphatic carbocycles. The minimum Gasteiger partial charge on any atom is -0.496 e. The highest BCUT2D eigenvalue weighted by Crippen LogP contribution is 2.44. The third-order valence-corrected chi connectivity index (χ3v) is 3.64. The standard InChI is InChI=1S/C14H20O2/c1-3-14(15,12-8-9-12)10-11-6-4-5-7-13(11)16-2/h4-7,12,15H,3,8-10H2,1-2H3. The molecule has 16 heavy (non-hydrogen) atoms. The number of ether oxygens (including phenoxy) is 1. The second kappa shape index (κ2) is 4.46. The van der Waals surface area contributed by atoms with E-state index in [-0.39, 0.29) is 0 Å². The molecule has 2 heteroatoms. The predicted molar refractivity (Wildman–Crippen MR) is 64.7 cm³/mol. The van der Waals surface area contributed by atoms with Gasteiger partial charge in [0, 0.05) is 6.42 Å². The molecule has 0 heterocycles. The van der Waals surface area contributed by atoms with E-state index >= 15 is 0 Å². The van der Waals surface area contributed by atoms with Crippen LogP contribution in [-0.2, 0) is 6.42 Å². The zero-order chi connectivity index (χ0) is 11.6. The van der Waals surface area contributed by atoms with Crippen LogP contribution in [0.2, 0.25) is 0 Å². The Morgan fingerprint density at radius 2 is 2.06 bits per heavy atom. The summed E-state index contributed by atoms with van der Waals surface area (Å²) in [5.74, 6) is 1.37. The van der Waals surface area contributed by atoms with Crippen LogP contribution < -0.4 is 4.74 Å². The summed E-state index contributed by atoms with van der Waals surface area (Å²) in [6, 6.07) is 7.96. The van der Waals surface area contributed by atoms with Gasteiger partial charge < -0.3 is 9.84 Å². The first kappa shape index (κ1) is 11.5. The lowest BCUT2D eigenvalue weighted by Crippen LogP contribution is -2.33. The van der Waals surface area contributed by atoms with E-state index in [1.54, 1.807) is 7.11 Å². The molecule has 0 aliphatic heterocycles. The number of methoxy groups -OCH3 is 1. The zero-order valence-corrected chi connectivity index (χ0v) is 10.1. The molecule has 2 rings (SSSR count). The molecule has 1 saturated carbocycles. The second-order valence-electron chi connectivity index (χ2n) is 4.72. The summed E-state index contributed by atoms with van der Waals surface area (Å²) < 4.78 is 5.32. The Bertz CT molecular complexity index is 358. The number of aliphatic hydroxyl groups is 1. The molecule has 1 aromatic carbocycles. The first-order valence-electron chi connectivity index (χ1n) is 6.04. The molecule has 1 atom stereocenters. The van der Waals surface area contributed by atoms with Gasteiger partial charge in [0.25, 0.3) is 0 Å². The minimum absolute atomic E-state index is 0.488. The maximum absolute atomic E-state index is 10.6. The van der Waals surface area contributed by atoms with Gasteiger partial charge in [0.15, 0.2) is 0 Å². The normalized spacial score (nSPS) is 19.2. The maximum atomic E-state index is 10.6. The number of hydrogen-bond acceptors (Lipinski definition) is 2. The Balaban J connectivity index is 2.18. The average Bonchev–Trinajstić information content (AvgIpc) is 3.14. The van der Waals surface area contributed by atoms with Crippen LogP contribution in [0, 0.1) is 5.92 Å². The summed E-state index contributed by atoms with van der Waals surface area (Å²) in [5, 5.41) is 10.6. The van der Waals surface area contributed by atoms with E-state index in [9.17, 15) is 5.11 Å². The fourth-order valence-corrected chi connectivity index (χ4v) is 2.36. The van der Waals surface area contributed by atoms with Crippen molar-refractivity contribution < 1.29 is 9.84 Å². The molecule has 0 aromatic heterocycles. The Kier molecular flexibility index (Phi) is 3.20. The van der Waals surface area contributed by atoms with Gasteiger partial charge in [0.1, 0.15) is 5.75 Å². The van der Waals surface area contributed by atoms with Crippen molar-refractivity contribution in [3.63, 3.8) is 0 Å². The third-order valence-electron chi connectivity index (χ3n) is 3.64. The molecule has 1 aliphatic rings. The second-order valence-corrected chi connectivity index (χ2v) is 4.72. The molecule has 1 aromatic rings. The van der Waals surface area contributed by atoms with Gasteiger partial charge in [-0.3, -0.25) is 0 Å². The summed E-state index contributed by atoms with van der Waals surface area (Å²) >= 11 is 0. The Morgan fingerprint density at radius 3 is 2.62 bits per heavy atom. The van der Waals surface area contributed by atoms with Gasteiger partial charge in [0.05, 0.1) is 12.7 Å². The van der Waals surface area contributed by atoms with Crippen LogP contribution in [0.15, 0.2) is 24.3 Å². The number of rotatable bonds is 5. The molecule has 0 saturated heterocycles. The van der Waals surface area contributed by atoms with Crippen molar-refractivity contribution in [2.24, 2.45) is 5.92 Å². The van der Waals surface area contributed by atoms with Crippen molar-refractivity contribution in [2.45, 2.75) is 38.2 Å². The lowest BCUT2D eigenvalue weighted by atomic mass is 9.87. The summed E-state index contributed by atoms with van der Waals surface area (Å²) in [6.07, 6.45) is 3.85. The predicted octanol–water partition coefficient (Wildman–Crippen LogP) is 2.79. The van der Waals surface area contributed by atoms with E-state index in [1.165, 1.54) is 12.8 Å². The van der Waals surface area contributed by atoms with Gasteiger partial charge in [-0.15, -0.1) is 0 Å². The first-order valence-corrected chi connectivity index (χ1v) is 6.04. The van der Waals surface area contributed by atoms with Crippen molar-refractivity contribution >= 4 is 0 Å². The van der Waals surface area contributed by atoms with Crippen LogP contribution in [0.3, 0.4) is 0 Å². The van der Waals surface area contributed by atoms with E-state index in [4.69, 9.17) is 4.74 Å². The monoisotopic (exact) mass is 220 g/mol. The largest absolute Gasteiger partial charge is 0.496 e. The molecule has 0 amide bonds. The summed E-state index contributed by atoms with van der Waals surface area (Å²) in [7, 11) is 1.68. The van der Waals surface area contributed by atoms with Crippen molar-refractivity contribution in [3.05, 3.63) is 29.8 Å². The average molecular weight is 220 g/mol. The van der Waals surface area contributed by atoms with Gasteiger partial charge in [0.2, 0.25) is 0 Å². The van der Waals surface area contributed by atoms with Gasteiger partial charge in [-0.05, 0) is 36.8 Å². The summed E-state index contributed by atoms with van der Waals surface area (Å²) in [5.41, 5.74) is 0.579. The number of para-hydroxylation sites is 1. The molecule has 1 fully saturated rings. The highest BCUT2D eigenvalue weighted by molar-refractivity contribution is 5.34. The first-order chi connectivity index (χ1) is 7.69. The molecular weight excluding hydrogens is 200 g/mol. The maximum Gasteiger partial charge on any atom is 0.122 e. The smallest absolute Gasteiger partial charge is 0.122 e. The SMILES string of the molecule is CCC(O)(Cc1ccccc1OC)C1CC1. The molecular formula is C14H20O2. The van der Waals surface area contributed by atoms with Crippen molar-refractivity contribution in [3.8, 4) is 5.75 Å². The number of benzene rings is 1. The van der Waals surface area contributed by atoms with Gasteiger partial charge in [-0.1, -0.05) is 25.1 Å². The van der Waals surface area contributed by atoms with Crippen molar-refractivity contribution in [2.75, 3.05) is 7.11 Å². The third kappa shape index (κ3) is 2.22. The molecule has 0 bridgehead atoms. The van der Waals surface area contributed by atoms with Crippen molar-refractivity contribution in [1.82, 2.24) is 0 Å². The summed E-state index contributed by atoms with van der Waals surface area (Å²) in [4.78, 5) is 0. The highest BCUT2D eigenvalue weighted by Gasteiger charge is 2.42. The molecule has 2 nitrogen and oxygen atoms in total. The Morgan fingerprint density at radius 1 is 1.38 bits per heavy atom. The van der Waals surface area contributed by atoms with E-state index in [2.05, 4.69) is 6.92 Å². The van der Waals surface area contributed by atoms with Crippen LogP contribution in [0.4, 0.5) is 0 Å². The van der Waals surface area contributed by atoms with Gasteiger partial charge >= 0.3 is 0 Å². The van der Waals surface area contributed by atoms with Crippen LogP contribution in [0.25, 0.3) is 0 Å². The topological polar surface area (TPSA) is 29.5 Å². The molecule has 88 valence electrons. The fraction of sp³-hybridized carbons (Fsp3) is 0.571. The Labute approximate surface area is 97.3 Å². The molecule has 0 radical (unpaired) electrons. The van der Waals surface area contributed by atoms with Crippen LogP contribution in [0.1, 0.15) is 31.7 Å². The molecule has 0 spiro atoms. The number of hydrogen-bond donors (Lipinski definition) is 1. The Hall–Kier alpha value is -1.02. The molecule has 1 N–H and O–H groups in total. The van der Waals surface area contributed by atoms with Gasteiger partial charge in [-0.2, -0.15) is 0 Å². The van der Waals surface area contributed by atoms with E-state index in [0.29, 0.717) is 12.3 Å². The quantitative estimate of drug-likeness (QED) is 0.826. The minimum atomic E-state index is -0.533. The zero-order valence-electron chi connectivity index (χ0n) is 10.1. The van der Waals surface area contributed by atoms with E-state index in [1.807, 2.05) is 24.3 Å². The van der Waals surface area contributed by atoms with E-state index in [0.717, 1.165) is 17.7 Å². The fourth-order valence-electron chi connectivity index (χ4n) is 2.36. The molecule has 1 unspecified atom stereocenters. The van der Waals surface area contributed by atoms with Crippen LogP contribution >= 0.6 is 0 Å². The van der Waals surface area contributed by atoms with Gasteiger partial charge in [-0.25, -0.2) is 0 Å². The van der Waals surface area contributed by atoms with Crippen LogP contribution in [0.5, 0.6) is 5.75 Å². The lowest BCUT2D eigenvalue weighted by Gasteiger charge is -2.27. The summed E-state index contributed by atoms with van der Waals surface area (Å²) in [6.45, 7) is 2.06. The van der Waals surface area contributed by atoms with E-state index < -0.39 is 5.60 Å². The lowest BCUT2D eigenvalue weighted by molar-refractivity contribution is 0.0134. The highest BCUT2D eigenvalue weighted by atomic mass is 16.5. The van der Waals surface area contributed by atoms with Crippen LogP contribution in [-0.4, -0.2) is 17.8 Å².